The zero-order chi connectivity index (χ0) is 12.1. The van der Waals surface area contributed by atoms with E-state index in [1.807, 2.05) is 12.1 Å². The highest BCUT2D eigenvalue weighted by atomic mass is 16.1. The zero-order valence-corrected chi connectivity index (χ0v) is 9.98. The second-order valence-electron chi connectivity index (χ2n) is 4.53. The van der Waals surface area contributed by atoms with Crippen LogP contribution in [0.1, 0.15) is 37.8 Å². The van der Waals surface area contributed by atoms with E-state index in [0.717, 1.165) is 37.1 Å². The van der Waals surface area contributed by atoms with Crippen molar-refractivity contribution in [1.29, 1.82) is 0 Å². The van der Waals surface area contributed by atoms with Crippen LogP contribution < -0.4 is 11.1 Å². The Labute approximate surface area is 102 Å². The lowest BCUT2D eigenvalue weighted by Crippen LogP contribution is -2.25. The minimum atomic E-state index is 0.118. The predicted molar refractivity (Wildman–Crippen MR) is 67.3 cm³/mol. The molecule has 0 atom stereocenters. The monoisotopic (exact) mass is 233 g/mol. The van der Waals surface area contributed by atoms with Crippen molar-refractivity contribution in [2.75, 3.05) is 5.32 Å². The Bertz CT molecular complexity index is 386. The molecule has 2 rings (SSSR count). The Balaban J connectivity index is 2.01. The van der Waals surface area contributed by atoms with Gasteiger partial charge in [-0.1, -0.05) is 19.3 Å². The Morgan fingerprint density at radius 1 is 1.41 bits per heavy atom. The second kappa shape index (κ2) is 5.77. The number of aromatic nitrogens is 1. The first-order valence-corrected chi connectivity index (χ1v) is 6.26. The predicted octanol–water partition coefficient (Wildman–Crippen LogP) is 2.06. The van der Waals surface area contributed by atoms with Gasteiger partial charge in [-0.3, -0.25) is 9.78 Å². The largest absolute Gasteiger partial charge is 0.325 e. The fourth-order valence-corrected chi connectivity index (χ4v) is 2.31. The van der Waals surface area contributed by atoms with Gasteiger partial charge >= 0.3 is 0 Å². The van der Waals surface area contributed by atoms with Crippen molar-refractivity contribution >= 4 is 11.6 Å². The molecule has 0 spiro atoms. The van der Waals surface area contributed by atoms with Crippen molar-refractivity contribution < 1.29 is 4.79 Å². The molecule has 0 unspecified atom stereocenters. The molecule has 0 aromatic carbocycles. The first-order chi connectivity index (χ1) is 8.31. The van der Waals surface area contributed by atoms with E-state index in [0.29, 0.717) is 6.54 Å². The summed E-state index contributed by atoms with van der Waals surface area (Å²) < 4.78 is 0. The van der Waals surface area contributed by atoms with Gasteiger partial charge in [-0.15, -0.1) is 0 Å². The number of rotatable bonds is 3. The van der Waals surface area contributed by atoms with Gasteiger partial charge in [0, 0.05) is 18.7 Å². The molecule has 1 aliphatic rings. The molecular weight excluding hydrogens is 214 g/mol. The minimum absolute atomic E-state index is 0.118. The Kier molecular flexibility index (Phi) is 4.09. The fraction of sp³-hybridized carbons (Fsp3) is 0.538. The number of anilines is 1. The standard InChI is InChI=1S/C13H19N3O/c14-9-12-11(7-4-8-15-12)16-13(17)10-5-2-1-3-6-10/h4,7-8,10H,1-3,5-6,9,14H2,(H,16,17). The van der Waals surface area contributed by atoms with Crippen LogP contribution in [0.3, 0.4) is 0 Å². The Hall–Kier alpha value is -1.42. The summed E-state index contributed by atoms with van der Waals surface area (Å²) in [6, 6.07) is 3.67. The van der Waals surface area contributed by atoms with Gasteiger partial charge in [0.2, 0.25) is 5.91 Å². The van der Waals surface area contributed by atoms with Gasteiger partial charge in [0.05, 0.1) is 11.4 Å². The number of nitrogens with one attached hydrogen (secondary N) is 1. The third-order valence-electron chi connectivity index (χ3n) is 3.32. The quantitative estimate of drug-likeness (QED) is 0.839. The molecule has 0 radical (unpaired) electrons. The summed E-state index contributed by atoms with van der Waals surface area (Å²) in [4.78, 5) is 16.2. The smallest absolute Gasteiger partial charge is 0.227 e. The zero-order valence-electron chi connectivity index (χ0n) is 9.98. The van der Waals surface area contributed by atoms with Crippen molar-refractivity contribution in [3.63, 3.8) is 0 Å². The summed E-state index contributed by atoms with van der Waals surface area (Å²) in [7, 11) is 0. The lowest BCUT2D eigenvalue weighted by Gasteiger charge is -2.21. The molecule has 92 valence electrons. The molecule has 4 heteroatoms. The van der Waals surface area contributed by atoms with Crippen molar-refractivity contribution in [2.45, 2.75) is 38.6 Å². The highest BCUT2D eigenvalue weighted by molar-refractivity contribution is 5.93. The van der Waals surface area contributed by atoms with Gasteiger partial charge < -0.3 is 11.1 Å². The van der Waals surface area contributed by atoms with Gasteiger partial charge in [-0.2, -0.15) is 0 Å². The maximum Gasteiger partial charge on any atom is 0.227 e. The van der Waals surface area contributed by atoms with Gasteiger partial charge in [0.1, 0.15) is 0 Å². The molecular formula is C13H19N3O. The fourth-order valence-electron chi connectivity index (χ4n) is 2.31. The van der Waals surface area contributed by atoms with Crippen LogP contribution in [-0.4, -0.2) is 10.9 Å². The molecule has 4 nitrogen and oxygen atoms in total. The Morgan fingerprint density at radius 2 is 2.18 bits per heavy atom. The van der Waals surface area contributed by atoms with Gasteiger partial charge in [0.15, 0.2) is 0 Å². The third kappa shape index (κ3) is 3.03. The number of carbonyl (C=O) groups is 1. The number of amides is 1. The van der Waals surface area contributed by atoms with Crippen LogP contribution in [0.5, 0.6) is 0 Å². The first-order valence-electron chi connectivity index (χ1n) is 6.26. The van der Waals surface area contributed by atoms with Crippen LogP contribution >= 0.6 is 0 Å². The van der Waals surface area contributed by atoms with Gasteiger partial charge in [0.25, 0.3) is 0 Å². The number of nitrogens with zero attached hydrogens (tertiary/aromatic N) is 1. The average molecular weight is 233 g/mol. The van der Waals surface area contributed by atoms with Crippen LogP contribution in [0, 0.1) is 5.92 Å². The Morgan fingerprint density at radius 3 is 2.88 bits per heavy atom. The second-order valence-corrected chi connectivity index (χ2v) is 4.53. The van der Waals surface area contributed by atoms with E-state index in [4.69, 9.17) is 5.73 Å². The van der Waals surface area contributed by atoms with E-state index in [-0.39, 0.29) is 11.8 Å². The average Bonchev–Trinajstić information content (AvgIpc) is 2.40. The molecule has 0 aliphatic heterocycles. The van der Waals surface area contributed by atoms with E-state index in [2.05, 4.69) is 10.3 Å². The highest BCUT2D eigenvalue weighted by Gasteiger charge is 2.21. The molecule has 0 saturated heterocycles. The van der Waals surface area contributed by atoms with E-state index >= 15 is 0 Å². The van der Waals surface area contributed by atoms with Crippen LogP contribution in [0.15, 0.2) is 18.3 Å². The molecule has 1 fully saturated rings. The summed E-state index contributed by atoms with van der Waals surface area (Å²) in [5.74, 6) is 0.280. The molecule has 1 heterocycles. The minimum Gasteiger partial charge on any atom is -0.325 e. The molecule has 1 aliphatic carbocycles. The number of hydrogen-bond donors (Lipinski definition) is 2. The van der Waals surface area contributed by atoms with E-state index in [9.17, 15) is 4.79 Å². The normalized spacial score (nSPS) is 16.8. The summed E-state index contributed by atoms with van der Waals surface area (Å²) in [5.41, 5.74) is 7.09. The van der Waals surface area contributed by atoms with Crippen LogP contribution in [0.25, 0.3) is 0 Å². The number of pyridine rings is 1. The maximum absolute atomic E-state index is 12.1. The van der Waals surface area contributed by atoms with Gasteiger partial charge in [-0.05, 0) is 25.0 Å². The summed E-state index contributed by atoms with van der Waals surface area (Å²) >= 11 is 0. The molecule has 17 heavy (non-hydrogen) atoms. The van der Waals surface area contributed by atoms with Crippen LogP contribution in [0.2, 0.25) is 0 Å². The highest BCUT2D eigenvalue weighted by Crippen LogP contribution is 2.25. The number of carbonyl (C=O) groups excluding carboxylic acids is 1. The van der Waals surface area contributed by atoms with E-state index in [1.54, 1.807) is 6.20 Å². The van der Waals surface area contributed by atoms with E-state index in [1.165, 1.54) is 6.42 Å². The maximum atomic E-state index is 12.1. The van der Waals surface area contributed by atoms with E-state index < -0.39 is 0 Å². The van der Waals surface area contributed by atoms with Crippen LogP contribution in [0.4, 0.5) is 5.69 Å². The van der Waals surface area contributed by atoms with Gasteiger partial charge in [-0.25, -0.2) is 0 Å². The lowest BCUT2D eigenvalue weighted by molar-refractivity contribution is -0.120. The summed E-state index contributed by atoms with van der Waals surface area (Å²) in [6.45, 7) is 0.348. The summed E-state index contributed by atoms with van der Waals surface area (Å²) in [5, 5.41) is 2.95. The molecule has 1 amide bonds. The molecule has 0 bridgehead atoms. The van der Waals surface area contributed by atoms with Crippen LogP contribution in [-0.2, 0) is 11.3 Å². The lowest BCUT2D eigenvalue weighted by atomic mass is 9.88. The summed E-state index contributed by atoms with van der Waals surface area (Å²) in [6.07, 6.45) is 7.28. The van der Waals surface area contributed by atoms with Crippen molar-refractivity contribution in [2.24, 2.45) is 11.7 Å². The SMILES string of the molecule is NCc1ncccc1NC(=O)C1CCCCC1. The first kappa shape index (κ1) is 12.0. The number of hydrogen-bond acceptors (Lipinski definition) is 3. The molecule has 1 saturated carbocycles. The third-order valence-corrected chi connectivity index (χ3v) is 3.32. The topological polar surface area (TPSA) is 68.0 Å². The van der Waals surface area contributed by atoms with Crippen molar-refractivity contribution in [3.05, 3.63) is 24.0 Å². The molecule has 1 aromatic heterocycles. The number of nitrogens with two attached hydrogens (primary N) is 1. The van der Waals surface area contributed by atoms with Crippen molar-refractivity contribution in [1.82, 2.24) is 4.98 Å². The molecule has 1 aromatic rings. The molecule has 3 N–H and O–H groups in total. The van der Waals surface area contributed by atoms with Crippen molar-refractivity contribution in [3.8, 4) is 0 Å².